The van der Waals surface area contributed by atoms with E-state index in [9.17, 15) is 4.79 Å². The Kier molecular flexibility index (Phi) is 12.7. The van der Waals surface area contributed by atoms with Gasteiger partial charge in [0.1, 0.15) is 5.02 Å². The summed E-state index contributed by atoms with van der Waals surface area (Å²) < 4.78 is 16.2. The molecule has 10 heteroatoms. The number of nitrogens with two attached hydrogens (primary N) is 1. The van der Waals surface area contributed by atoms with Crippen molar-refractivity contribution in [3.05, 3.63) is 76.8 Å². The minimum absolute atomic E-state index is 0.238. The van der Waals surface area contributed by atoms with Crippen molar-refractivity contribution in [3.8, 4) is 28.5 Å². The topological polar surface area (TPSA) is 124 Å². The molecule has 40 heavy (non-hydrogen) atoms. The number of anilines is 3. The number of carbonyl (C=O) groups is 1. The molecule has 4 rings (SSSR count). The Bertz CT molecular complexity index is 1350. The fraction of sp³-hybridized carbons (Fsp3) is 0.267. The molecule has 3 aromatic carbocycles. The number of nitrogen functional groups attached to an aromatic ring is 1. The first-order chi connectivity index (χ1) is 19.4. The third-order valence-electron chi connectivity index (χ3n) is 5.55. The van der Waals surface area contributed by atoms with Gasteiger partial charge in [0, 0.05) is 17.7 Å². The molecule has 1 amide bonds. The maximum atomic E-state index is 12.5. The number of H-pyrrole nitrogens is 1. The van der Waals surface area contributed by atoms with Crippen LogP contribution in [0.1, 0.15) is 43.6 Å². The van der Waals surface area contributed by atoms with Crippen LogP contribution >= 0.6 is 11.6 Å². The first-order valence-electron chi connectivity index (χ1n) is 13.0. The molecule has 4 aromatic rings. The minimum atomic E-state index is -0.238. The van der Waals surface area contributed by atoms with Crippen molar-refractivity contribution in [2.75, 3.05) is 37.7 Å². The number of nitrogens with zero attached hydrogens (tertiary/aromatic N) is 1. The molecule has 0 spiro atoms. The summed E-state index contributed by atoms with van der Waals surface area (Å²) in [5, 5.41) is 13.7. The van der Waals surface area contributed by atoms with Gasteiger partial charge in [-0.25, -0.2) is 0 Å². The van der Waals surface area contributed by atoms with Crippen LogP contribution in [0.4, 0.5) is 17.2 Å². The van der Waals surface area contributed by atoms with Crippen LogP contribution in [-0.2, 0) is 6.54 Å². The fourth-order valence-corrected chi connectivity index (χ4v) is 3.89. The van der Waals surface area contributed by atoms with Crippen LogP contribution in [-0.4, -0.2) is 37.4 Å². The maximum absolute atomic E-state index is 12.5. The highest BCUT2D eigenvalue weighted by atomic mass is 35.5. The van der Waals surface area contributed by atoms with E-state index in [0.717, 1.165) is 11.1 Å². The van der Waals surface area contributed by atoms with E-state index < -0.39 is 0 Å². The van der Waals surface area contributed by atoms with E-state index in [1.165, 1.54) is 0 Å². The maximum Gasteiger partial charge on any atom is 0.255 e. The van der Waals surface area contributed by atoms with E-state index in [4.69, 9.17) is 31.5 Å². The summed E-state index contributed by atoms with van der Waals surface area (Å²) >= 11 is 6.61. The summed E-state index contributed by atoms with van der Waals surface area (Å²) in [5.41, 5.74) is 9.77. The van der Waals surface area contributed by atoms with Gasteiger partial charge in [0.2, 0.25) is 5.75 Å². The Hall–Kier alpha value is -4.37. The smallest absolute Gasteiger partial charge is 0.255 e. The molecule has 1 heterocycles. The molecule has 5 N–H and O–H groups in total. The van der Waals surface area contributed by atoms with Gasteiger partial charge in [-0.3, -0.25) is 9.89 Å². The van der Waals surface area contributed by atoms with Crippen molar-refractivity contribution >= 4 is 34.7 Å². The minimum Gasteiger partial charge on any atom is -0.493 e. The number of methoxy groups -OCH3 is 3. The van der Waals surface area contributed by atoms with Crippen LogP contribution in [0.3, 0.4) is 0 Å². The highest BCUT2D eigenvalue weighted by Gasteiger charge is 2.19. The summed E-state index contributed by atoms with van der Waals surface area (Å²) in [6, 6.07) is 17.9. The van der Waals surface area contributed by atoms with Crippen LogP contribution in [0, 0.1) is 0 Å². The molecule has 0 aliphatic carbocycles. The van der Waals surface area contributed by atoms with Gasteiger partial charge in [0.25, 0.3) is 5.91 Å². The number of ether oxygens (including phenoxy) is 3. The number of carbonyl (C=O) groups excluding carboxylic acids is 1. The van der Waals surface area contributed by atoms with Gasteiger partial charge in [-0.05, 0) is 42.0 Å². The zero-order chi connectivity index (χ0) is 29.7. The molecule has 0 saturated heterocycles. The Balaban J connectivity index is 0.00000134. The van der Waals surface area contributed by atoms with Crippen molar-refractivity contribution < 1.29 is 19.0 Å². The molecular weight excluding hydrogens is 530 g/mol. The SMILES string of the molecule is CC.CC.COc1cc(-c2[nH]nc(NCc3ccc(C(=O)Nc4ccccc4N)cc3)c2Cl)cc(OC)c1OC. The molecule has 0 unspecified atom stereocenters. The van der Waals surface area contributed by atoms with Crippen LogP contribution in [0.25, 0.3) is 11.3 Å². The van der Waals surface area contributed by atoms with Crippen molar-refractivity contribution in [1.29, 1.82) is 0 Å². The van der Waals surface area contributed by atoms with Crippen molar-refractivity contribution in [2.24, 2.45) is 0 Å². The molecule has 1 aromatic heterocycles. The van der Waals surface area contributed by atoms with Gasteiger partial charge < -0.3 is 30.6 Å². The lowest BCUT2D eigenvalue weighted by atomic mass is 10.1. The average molecular weight is 568 g/mol. The van der Waals surface area contributed by atoms with Gasteiger partial charge in [0.15, 0.2) is 17.3 Å². The zero-order valence-corrected chi connectivity index (χ0v) is 24.8. The Morgan fingerprint density at radius 1 is 0.925 bits per heavy atom. The van der Waals surface area contributed by atoms with Gasteiger partial charge in [0.05, 0.1) is 38.4 Å². The summed E-state index contributed by atoms with van der Waals surface area (Å²) in [5.74, 6) is 1.75. The second-order valence-electron chi connectivity index (χ2n) is 7.77. The lowest BCUT2D eigenvalue weighted by Gasteiger charge is -2.13. The number of halogens is 1. The summed E-state index contributed by atoms with van der Waals surface area (Å²) in [4.78, 5) is 12.5. The largest absolute Gasteiger partial charge is 0.493 e. The summed E-state index contributed by atoms with van der Waals surface area (Å²) in [6.07, 6.45) is 0. The number of amides is 1. The van der Waals surface area contributed by atoms with Crippen molar-refractivity contribution in [1.82, 2.24) is 10.2 Å². The van der Waals surface area contributed by atoms with E-state index in [-0.39, 0.29) is 5.91 Å². The highest BCUT2D eigenvalue weighted by molar-refractivity contribution is 6.35. The summed E-state index contributed by atoms with van der Waals surface area (Å²) in [6.45, 7) is 8.45. The quantitative estimate of drug-likeness (QED) is 0.157. The number of aromatic amines is 1. The third kappa shape index (κ3) is 7.60. The van der Waals surface area contributed by atoms with Gasteiger partial charge in [-0.15, -0.1) is 0 Å². The van der Waals surface area contributed by atoms with Crippen LogP contribution in [0.2, 0.25) is 5.02 Å². The fourth-order valence-electron chi connectivity index (χ4n) is 3.63. The molecule has 0 aliphatic rings. The lowest BCUT2D eigenvalue weighted by molar-refractivity contribution is 0.102. The molecule has 0 fully saturated rings. The predicted octanol–water partition coefficient (Wildman–Crippen LogP) is 7.25. The molecule has 9 nitrogen and oxygen atoms in total. The first-order valence-corrected chi connectivity index (χ1v) is 13.4. The Morgan fingerprint density at radius 2 is 1.52 bits per heavy atom. The first kappa shape index (κ1) is 31.8. The number of hydrogen-bond acceptors (Lipinski definition) is 7. The zero-order valence-electron chi connectivity index (χ0n) is 24.0. The van der Waals surface area contributed by atoms with E-state index in [0.29, 0.717) is 57.3 Å². The third-order valence-corrected chi connectivity index (χ3v) is 5.91. The van der Waals surface area contributed by atoms with Crippen LogP contribution < -0.4 is 30.6 Å². The van der Waals surface area contributed by atoms with E-state index >= 15 is 0 Å². The normalized spacial score (nSPS) is 9.80. The van der Waals surface area contributed by atoms with Gasteiger partial charge in [-0.1, -0.05) is 63.6 Å². The predicted molar refractivity (Wildman–Crippen MR) is 164 cm³/mol. The Labute approximate surface area is 241 Å². The standard InChI is InChI=1S/C26H26ClN5O4.2C2H6/c1-34-20-12-17(13-21(35-2)24(20)36-3)23-22(27)25(32-31-23)29-14-15-8-10-16(11-9-15)26(33)30-19-7-5-4-6-18(19)28;2*1-2/h4-13H,14,28H2,1-3H3,(H,30,33)(H2,29,31,32);2*1-2H3. The summed E-state index contributed by atoms with van der Waals surface area (Å²) in [7, 11) is 4.65. The van der Waals surface area contributed by atoms with Gasteiger partial charge in [-0.2, -0.15) is 5.10 Å². The van der Waals surface area contributed by atoms with Crippen LogP contribution in [0.5, 0.6) is 17.2 Å². The second-order valence-corrected chi connectivity index (χ2v) is 8.15. The monoisotopic (exact) mass is 567 g/mol. The highest BCUT2D eigenvalue weighted by Crippen LogP contribution is 2.43. The van der Waals surface area contributed by atoms with E-state index in [1.807, 2.05) is 52.0 Å². The van der Waals surface area contributed by atoms with Crippen molar-refractivity contribution in [2.45, 2.75) is 34.2 Å². The number of hydrogen-bond donors (Lipinski definition) is 4. The molecule has 0 aliphatic heterocycles. The van der Waals surface area contributed by atoms with Gasteiger partial charge >= 0.3 is 0 Å². The molecule has 214 valence electrons. The number of rotatable bonds is 9. The Morgan fingerprint density at radius 3 is 2.08 bits per heavy atom. The average Bonchev–Trinajstić information content (AvgIpc) is 3.38. The molecular formula is C30H38ClN5O4. The molecule has 0 radical (unpaired) electrons. The molecule has 0 saturated carbocycles. The van der Waals surface area contributed by atoms with Crippen molar-refractivity contribution in [3.63, 3.8) is 0 Å². The van der Waals surface area contributed by atoms with E-state index in [1.54, 1.807) is 57.7 Å². The van der Waals surface area contributed by atoms with E-state index in [2.05, 4.69) is 20.8 Å². The lowest BCUT2D eigenvalue weighted by Crippen LogP contribution is -2.13. The second kappa shape index (κ2) is 15.9. The van der Waals surface area contributed by atoms with Crippen LogP contribution in [0.15, 0.2) is 60.7 Å². The number of nitrogens with one attached hydrogen (secondary N) is 3. The molecule has 0 atom stereocenters. The molecule has 0 bridgehead atoms. The number of para-hydroxylation sites is 2. The number of benzene rings is 3. The number of aromatic nitrogens is 2.